The van der Waals surface area contributed by atoms with Crippen molar-refractivity contribution in [3.63, 3.8) is 0 Å². The number of hydrogen-bond donors (Lipinski definition) is 0. The fourth-order valence-electron chi connectivity index (χ4n) is 5.40. The zero-order valence-electron chi connectivity index (χ0n) is 19.1. The van der Waals surface area contributed by atoms with Crippen molar-refractivity contribution in [3.05, 3.63) is 71.4 Å². The molecule has 2 amide bonds. The molecular formula is C27H26N2O4. The Morgan fingerprint density at radius 2 is 1.52 bits per heavy atom. The largest absolute Gasteiger partial charge is 0.359 e. The number of carbonyl (C=O) groups is 4. The second-order valence-electron chi connectivity index (χ2n) is 10.1. The summed E-state index contributed by atoms with van der Waals surface area (Å²) in [7, 11) is 0. The number of rotatable bonds is 3. The normalized spacial score (nSPS) is 25.7. The van der Waals surface area contributed by atoms with Crippen molar-refractivity contribution in [2.45, 2.75) is 39.8 Å². The molecule has 0 aliphatic carbocycles. The monoisotopic (exact) mass is 442 g/mol. The molecule has 4 atom stereocenters. The number of anilines is 1. The molecule has 3 heterocycles. The van der Waals surface area contributed by atoms with Crippen molar-refractivity contribution >= 4 is 35.1 Å². The van der Waals surface area contributed by atoms with Crippen molar-refractivity contribution in [3.8, 4) is 0 Å². The summed E-state index contributed by atoms with van der Waals surface area (Å²) in [5.41, 5.74) is 2.21. The number of benzene rings is 2. The van der Waals surface area contributed by atoms with Crippen LogP contribution in [-0.4, -0.2) is 34.3 Å². The van der Waals surface area contributed by atoms with Crippen LogP contribution in [0.25, 0.3) is 6.08 Å². The molecule has 0 aromatic heterocycles. The molecule has 0 saturated carbocycles. The number of hydrogen-bond acceptors (Lipinski definition) is 5. The molecule has 6 nitrogen and oxygen atoms in total. The summed E-state index contributed by atoms with van der Waals surface area (Å²) in [6.45, 7) is 7.01. The van der Waals surface area contributed by atoms with Gasteiger partial charge in [-0.1, -0.05) is 45.0 Å². The van der Waals surface area contributed by atoms with Crippen molar-refractivity contribution in [2.75, 3.05) is 4.90 Å². The molecule has 0 bridgehead atoms. The summed E-state index contributed by atoms with van der Waals surface area (Å²) in [4.78, 5) is 55.9. The Morgan fingerprint density at radius 1 is 0.879 bits per heavy atom. The van der Waals surface area contributed by atoms with Gasteiger partial charge in [-0.25, -0.2) is 4.90 Å². The van der Waals surface area contributed by atoms with E-state index in [9.17, 15) is 19.2 Å². The summed E-state index contributed by atoms with van der Waals surface area (Å²) in [6, 6.07) is 13.2. The van der Waals surface area contributed by atoms with Crippen LogP contribution in [0.15, 0.2) is 54.7 Å². The predicted octanol–water partition coefficient (Wildman–Crippen LogP) is 4.02. The van der Waals surface area contributed by atoms with Crippen LogP contribution in [0.1, 0.15) is 55.2 Å². The van der Waals surface area contributed by atoms with E-state index in [0.29, 0.717) is 11.3 Å². The number of Topliss-reactive ketones (excluding diaryl/α,β-unsaturated/α-hetero) is 2. The highest BCUT2D eigenvalue weighted by molar-refractivity contribution is 6.24. The van der Waals surface area contributed by atoms with Crippen LogP contribution in [-0.2, 0) is 14.4 Å². The lowest BCUT2D eigenvalue weighted by Crippen LogP contribution is -2.47. The van der Waals surface area contributed by atoms with Crippen LogP contribution < -0.4 is 4.90 Å². The van der Waals surface area contributed by atoms with E-state index in [1.54, 1.807) is 24.3 Å². The molecule has 0 spiro atoms. The van der Waals surface area contributed by atoms with E-state index in [1.807, 2.05) is 62.2 Å². The molecule has 5 rings (SSSR count). The Labute approximate surface area is 192 Å². The van der Waals surface area contributed by atoms with Gasteiger partial charge in [-0.3, -0.25) is 19.2 Å². The minimum atomic E-state index is -0.766. The Kier molecular flexibility index (Phi) is 4.67. The lowest BCUT2D eigenvalue weighted by Gasteiger charge is -2.37. The highest BCUT2D eigenvalue weighted by Gasteiger charge is 2.65. The summed E-state index contributed by atoms with van der Waals surface area (Å²) in [5, 5.41) is 0. The number of imide groups is 1. The molecule has 2 aromatic carbocycles. The minimum absolute atomic E-state index is 0.0565. The van der Waals surface area contributed by atoms with Gasteiger partial charge in [0.05, 0.1) is 23.6 Å². The smallest absolute Gasteiger partial charge is 0.240 e. The Balaban J connectivity index is 1.63. The van der Waals surface area contributed by atoms with Gasteiger partial charge in [0.1, 0.15) is 6.04 Å². The van der Waals surface area contributed by atoms with Crippen molar-refractivity contribution in [1.29, 1.82) is 0 Å². The third-order valence-corrected chi connectivity index (χ3v) is 7.00. The molecule has 0 radical (unpaired) electrons. The van der Waals surface area contributed by atoms with E-state index in [0.717, 1.165) is 11.1 Å². The molecule has 2 aromatic rings. The third-order valence-electron chi connectivity index (χ3n) is 7.00. The van der Waals surface area contributed by atoms with Crippen LogP contribution in [0, 0.1) is 17.3 Å². The van der Waals surface area contributed by atoms with Gasteiger partial charge in [-0.2, -0.15) is 0 Å². The Morgan fingerprint density at radius 3 is 2.15 bits per heavy atom. The maximum Gasteiger partial charge on any atom is 0.240 e. The van der Waals surface area contributed by atoms with E-state index < -0.39 is 23.3 Å². The van der Waals surface area contributed by atoms with Crippen LogP contribution in [0.3, 0.4) is 0 Å². The first-order chi connectivity index (χ1) is 15.6. The van der Waals surface area contributed by atoms with E-state index in [2.05, 4.69) is 0 Å². The topological polar surface area (TPSA) is 74.8 Å². The molecule has 6 heteroatoms. The first-order valence-electron chi connectivity index (χ1n) is 11.2. The standard InChI is InChI=1S/C27H26N2O4/c1-15(30)16-9-11-18(12-10-16)29-25(32)20-21(26(29)33)23(24(31)27(2,3)4)28-14-13-17-7-5-6-8-19(17)22(20)28/h5-14,20-23H,1-4H3/t20-,21+,22+,23-/m1/s1. The van der Waals surface area contributed by atoms with E-state index >= 15 is 0 Å². The van der Waals surface area contributed by atoms with E-state index in [-0.39, 0.29) is 29.4 Å². The summed E-state index contributed by atoms with van der Waals surface area (Å²) in [6.07, 6.45) is 3.81. The third kappa shape index (κ3) is 3.08. The molecule has 2 fully saturated rings. The van der Waals surface area contributed by atoms with Gasteiger partial charge in [-0.15, -0.1) is 0 Å². The second-order valence-corrected chi connectivity index (χ2v) is 10.1. The Bertz CT molecular complexity index is 1220. The van der Waals surface area contributed by atoms with Gasteiger partial charge in [0.15, 0.2) is 11.6 Å². The van der Waals surface area contributed by atoms with Gasteiger partial charge in [-0.05, 0) is 48.4 Å². The fraction of sp³-hybridized carbons (Fsp3) is 0.333. The summed E-state index contributed by atoms with van der Waals surface area (Å²) in [5.74, 6) is -2.23. The van der Waals surface area contributed by atoms with Crippen LogP contribution in [0.2, 0.25) is 0 Å². The molecule has 2 saturated heterocycles. The first-order valence-corrected chi connectivity index (χ1v) is 11.2. The molecular weight excluding hydrogens is 416 g/mol. The zero-order valence-corrected chi connectivity index (χ0v) is 19.1. The molecule has 0 N–H and O–H groups in total. The molecule has 3 aliphatic heterocycles. The number of carbonyl (C=O) groups excluding carboxylic acids is 4. The average molecular weight is 443 g/mol. The highest BCUT2D eigenvalue weighted by Crippen LogP contribution is 2.54. The minimum Gasteiger partial charge on any atom is -0.359 e. The van der Waals surface area contributed by atoms with E-state index in [4.69, 9.17) is 0 Å². The quantitative estimate of drug-likeness (QED) is 0.530. The Hall–Kier alpha value is -3.54. The summed E-state index contributed by atoms with van der Waals surface area (Å²) >= 11 is 0. The molecule has 33 heavy (non-hydrogen) atoms. The number of fused-ring (bicyclic) bond motifs is 5. The average Bonchev–Trinajstić information content (AvgIpc) is 3.25. The van der Waals surface area contributed by atoms with Gasteiger partial charge in [0.2, 0.25) is 11.8 Å². The van der Waals surface area contributed by atoms with Crippen molar-refractivity contribution in [2.24, 2.45) is 17.3 Å². The van der Waals surface area contributed by atoms with Crippen molar-refractivity contribution < 1.29 is 19.2 Å². The number of amides is 2. The van der Waals surface area contributed by atoms with E-state index in [1.165, 1.54) is 11.8 Å². The SMILES string of the molecule is CC(=O)c1ccc(N2C(=O)[C@@H]3[C@H](C2=O)[C@H](C(=O)C(C)(C)C)N2C=Cc4ccccc4[C@@H]32)cc1. The van der Waals surface area contributed by atoms with Gasteiger partial charge in [0.25, 0.3) is 0 Å². The van der Waals surface area contributed by atoms with Gasteiger partial charge >= 0.3 is 0 Å². The van der Waals surface area contributed by atoms with Gasteiger partial charge < -0.3 is 4.90 Å². The molecule has 3 aliphatic rings. The maximum atomic E-state index is 13.8. The van der Waals surface area contributed by atoms with Crippen LogP contribution >= 0.6 is 0 Å². The second kappa shape index (κ2) is 7.24. The fourth-order valence-corrected chi connectivity index (χ4v) is 5.40. The molecule has 0 unspecified atom stereocenters. The highest BCUT2D eigenvalue weighted by atomic mass is 16.2. The van der Waals surface area contributed by atoms with Gasteiger partial charge in [0, 0.05) is 17.2 Å². The lowest BCUT2D eigenvalue weighted by atomic mass is 9.79. The zero-order chi connectivity index (χ0) is 23.7. The van der Waals surface area contributed by atoms with Crippen LogP contribution in [0.5, 0.6) is 0 Å². The van der Waals surface area contributed by atoms with Crippen LogP contribution in [0.4, 0.5) is 5.69 Å². The van der Waals surface area contributed by atoms with Crippen molar-refractivity contribution in [1.82, 2.24) is 4.90 Å². The summed E-state index contributed by atoms with van der Waals surface area (Å²) < 4.78 is 0. The maximum absolute atomic E-state index is 13.8. The molecule has 168 valence electrons. The number of nitrogens with zero attached hydrogens (tertiary/aromatic N) is 2. The number of ketones is 2. The predicted molar refractivity (Wildman–Crippen MR) is 124 cm³/mol. The first kappa shape index (κ1) is 21.3. The lowest BCUT2D eigenvalue weighted by molar-refractivity contribution is -0.135.